The minimum absolute atomic E-state index is 0.0389. The minimum atomic E-state index is -0.0389. The molecular formula is C8H17N3. The number of nitrogens with one attached hydrogen (secondary N) is 2. The van der Waals surface area contributed by atoms with Gasteiger partial charge in [-0.05, 0) is 19.8 Å². The summed E-state index contributed by atoms with van der Waals surface area (Å²) in [5.74, 6) is 0.541. The molecule has 0 bridgehead atoms. The lowest BCUT2D eigenvalue weighted by molar-refractivity contribution is 0.269. The van der Waals surface area contributed by atoms with Crippen LogP contribution < -0.4 is 5.43 Å². The van der Waals surface area contributed by atoms with Crippen molar-refractivity contribution in [3.63, 3.8) is 0 Å². The highest BCUT2D eigenvalue weighted by Crippen LogP contribution is 2.18. The summed E-state index contributed by atoms with van der Waals surface area (Å²) in [4.78, 5) is 0. The summed E-state index contributed by atoms with van der Waals surface area (Å²) >= 11 is 0. The normalized spacial score (nSPS) is 13.5. The highest BCUT2D eigenvalue weighted by Gasteiger charge is 2.23. The zero-order valence-corrected chi connectivity index (χ0v) is 7.73. The largest absolute Gasteiger partial charge is 0.295 e. The summed E-state index contributed by atoms with van der Waals surface area (Å²) in [6.07, 6.45) is 1.10. The molecule has 0 aliphatic carbocycles. The maximum atomic E-state index is 6.60. The fourth-order valence-electron chi connectivity index (χ4n) is 0.793. The monoisotopic (exact) mass is 155 g/mol. The first kappa shape index (κ1) is 10.2. The van der Waals surface area contributed by atoms with Crippen LogP contribution in [0, 0.1) is 11.3 Å². The van der Waals surface area contributed by atoms with Crippen LogP contribution in [0.25, 0.3) is 0 Å². The maximum absolute atomic E-state index is 6.60. The van der Waals surface area contributed by atoms with Gasteiger partial charge in [0.25, 0.3) is 0 Å². The van der Waals surface area contributed by atoms with Gasteiger partial charge in [0, 0.05) is 0 Å². The molecule has 0 amide bonds. The molecule has 0 aliphatic heterocycles. The van der Waals surface area contributed by atoms with Crippen LogP contribution in [0.15, 0.2) is 5.10 Å². The first-order valence-corrected chi connectivity index (χ1v) is 3.93. The van der Waals surface area contributed by atoms with E-state index in [1.807, 2.05) is 6.01 Å². The molecule has 11 heavy (non-hydrogen) atoms. The van der Waals surface area contributed by atoms with Crippen molar-refractivity contribution in [3.8, 4) is 0 Å². The van der Waals surface area contributed by atoms with Crippen molar-refractivity contribution in [2.24, 2.45) is 11.0 Å². The molecule has 0 aromatic rings. The van der Waals surface area contributed by atoms with Crippen molar-refractivity contribution in [2.75, 3.05) is 0 Å². The van der Waals surface area contributed by atoms with E-state index in [0.29, 0.717) is 5.92 Å². The molecule has 0 heterocycles. The van der Waals surface area contributed by atoms with Crippen LogP contribution >= 0.6 is 0 Å². The van der Waals surface area contributed by atoms with Crippen LogP contribution in [0.2, 0.25) is 0 Å². The predicted molar refractivity (Wildman–Crippen MR) is 46.8 cm³/mol. The Bertz CT molecular complexity index is 157. The Labute approximate surface area is 68.4 Å². The highest BCUT2D eigenvalue weighted by molar-refractivity contribution is 5.35. The van der Waals surface area contributed by atoms with Gasteiger partial charge in [0.05, 0.1) is 5.54 Å². The van der Waals surface area contributed by atoms with Crippen molar-refractivity contribution in [3.05, 3.63) is 0 Å². The molecule has 0 aromatic carbocycles. The van der Waals surface area contributed by atoms with E-state index in [-0.39, 0.29) is 5.54 Å². The number of hydrogen-bond donors (Lipinski definition) is 2. The lowest BCUT2D eigenvalue weighted by Gasteiger charge is -2.29. The second-order valence-electron chi connectivity index (χ2n) is 3.37. The third kappa shape index (κ3) is 3.19. The van der Waals surface area contributed by atoms with Gasteiger partial charge < -0.3 is 0 Å². The van der Waals surface area contributed by atoms with Gasteiger partial charge in [-0.1, -0.05) is 20.3 Å². The zero-order valence-electron chi connectivity index (χ0n) is 7.73. The SMILES string of the molecule is CCC(C)C(C)(C)NN=C=N. The quantitative estimate of drug-likeness (QED) is 0.474. The molecule has 0 saturated carbocycles. The number of hydrogen-bond acceptors (Lipinski definition) is 3. The Balaban J connectivity index is 4.07. The highest BCUT2D eigenvalue weighted by atomic mass is 15.3. The predicted octanol–water partition coefficient (Wildman–Crippen LogP) is 2.07. The molecule has 1 atom stereocenters. The molecule has 0 rings (SSSR count). The van der Waals surface area contributed by atoms with Gasteiger partial charge in [-0.25, -0.2) is 5.41 Å². The molecule has 0 radical (unpaired) electrons. The Morgan fingerprint density at radius 2 is 2.18 bits per heavy atom. The van der Waals surface area contributed by atoms with E-state index >= 15 is 0 Å². The lowest BCUT2D eigenvalue weighted by Crippen LogP contribution is -2.41. The van der Waals surface area contributed by atoms with Gasteiger partial charge in [0.15, 0.2) is 0 Å². The second-order valence-corrected chi connectivity index (χ2v) is 3.37. The van der Waals surface area contributed by atoms with Crippen molar-refractivity contribution >= 4 is 6.01 Å². The molecule has 0 aliphatic rings. The van der Waals surface area contributed by atoms with E-state index in [4.69, 9.17) is 5.41 Å². The number of nitrogens with zero attached hydrogens (tertiary/aromatic N) is 1. The van der Waals surface area contributed by atoms with E-state index < -0.39 is 0 Å². The van der Waals surface area contributed by atoms with Crippen LogP contribution in [-0.4, -0.2) is 11.5 Å². The zero-order chi connectivity index (χ0) is 8.91. The lowest BCUT2D eigenvalue weighted by atomic mass is 9.88. The van der Waals surface area contributed by atoms with Gasteiger partial charge in [0.2, 0.25) is 0 Å². The average Bonchev–Trinajstić information content (AvgIpc) is 1.99. The summed E-state index contributed by atoms with van der Waals surface area (Å²) in [7, 11) is 0. The second kappa shape index (κ2) is 4.14. The first-order chi connectivity index (χ1) is 5.04. The summed E-state index contributed by atoms with van der Waals surface area (Å²) in [5.41, 5.74) is 2.85. The van der Waals surface area contributed by atoms with Gasteiger partial charge in [0.1, 0.15) is 6.01 Å². The molecule has 0 aromatic heterocycles. The van der Waals surface area contributed by atoms with E-state index in [9.17, 15) is 0 Å². The van der Waals surface area contributed by atoms with Crippen LogP contribution in [-0.2, 0) is 0 Å². The minimum Gasteiger partial charge on any atom is -0.295 e. The molecule has 0 spiro atoms. The smallest absolute Gasteiger partial charge is 0.111 e. The molecule has 2 N–H and O–H groups in total. The summed E-state index contributed by atoms with van der Waals surface area (Å²) in [6.45, 7) is 8.44. The van der Waals surface area contributed by atoms with Gasteiger partial charge >= 0.3 is 0 Å². The van der Waals surface area contributed by atoms with Gasteiger partial charge in [-0.2, -0.15) is 0 Å². The Kier molecular flexibility index (Phi) is 3.83. The van der Waals surface area contributed by atoms with E-state index in [1.165, 1.54) is 0 Å². The van der Waals surface area contributed by atoms with Crippen LogP contribution in [0.4, 0.5) is 0 Å². The molecule has 0 fully saturated rings. The van der Waals surface area contributed by atoms with Gasteiger partial charge in [-0.15, -0.1) is 5.10 Å². The van der Waals surface area contributed by atoms with Crippen LogP contribution in [0.3, 0.4) is 0 Å². The Hall–Kier alpha value is -0.820. The number of rotatable bonds is 4. The molecule has 64 valence electrons. The van der Waals surface area contributed by atoms with Crippen LogP contribution in [0.1, 0.15) is 34.1 Å². The molecule has 3 nitrogen and oxygen atoms in total. The standard InChI is InChI=1S/C8H17N3/c1-5-7(2)8(3,4)11-10-6-9/h7,9,11H,5H2,1-4H3. The Morgan fingerprint density at radius 1 is 1.64 bits per heavy atom. The topological polar surface area (TPSA) is 48.2 Å². The molecule has 1 unspecified atom stereocenters. The maximum Gasteiger partial charge on any atom is 0.111 e. The third-order valence-corrected chi connectivity index (χ3v) is 2.24. The van der Waals surface area contributed by atoms with E-state index in [1.54, 1.807) is 0 Å². The third-order valence-electron chi connectivity index (χ3n) is 2.24. The van der Waals surface area contributed by atoms with E-state index in [2.05, 4.69) is 38.2 Å². The number of hydrazone groups is 1. The molecule has 3 heteroatoms. The summed E-state index contributed by atoms with van der Waals surface area (Å²) in [6, 6.07) is 1.97. The first-order valence-electron chi connectivity index (χ1n) is 3.93. The van der Waals surface area contributed by atoms with Crippen molar-refractivity contribution in [2.45, 2.75) is 39.7 Å². The fourth-order valence-corrected chi connectivity index (χ4v) is 0.793. The van der Waals surface area contributed by atoms with Crippen molar-refractivity contribution < 1.29 is 0 Å². The molecular weight excluding hydrogens is 138 g/mol. The fraction of sp³-hybridized carbons (Fsp3) is 0.875. The van der Waals surface area contributed by atoms with Crippen molar-refractivity contribution in [1.29, 1.82) is 5.41 Å². The molecule has 0 saturated heterocycles. The van der Waals surface area contributed by atoms with Crippen molar-refractivity contribution in [1.82, 2.24) is 5.43 Å². The summed E-state index contributed by atoms with van der Waals surface area (Å²) in [5, 5.41) is 10.2. The van der Waals surface area contributed by atoms with E-state index in [0.717, 1.165) is 6.42 Å². The summed E-state index contributed by atoms with van der Waals surface area (Å²) < 4.78 is 0. The van der Waals surface area contributed by atoms with Gasteiger partial charge in [-0.3, -0.25) is 5.43 Å². The Morgan fingerprint density at radius 3 is 2.55 bits per heavy atom. The van der Waals surface area contributed by atoms with Crippen LogP contribution in [0.5, 0.6) is 0 Å². The average molecular weight is 155 g/mol.